The standard InChI is InChI=1S/C99H84F9N12O16PS6/c1-61(141-76-46-125-88(126-47-76)13-7-4-10-67-19-16-64(40-109)34-82(67)103)97(52-118-58-112-55-115-118,79-25-22-73(100)37-85(79)106)134-94(121)91-70(28-31-138-91)43-131-137(124,132-44-71-29-32-139-92(71)95(122)135-98(53-119-59-113-56-116-119,80-26-23-74(101)38-86(80)107)62(2)142-77-48-127-89(128-49-77)14-8-5-11-68-20-17-65(41-110)35-83(68)104)133-45-72-30-33-140-93(72)96(123)136-99(54-120-60-114-57-117-120,81-27-24-75(102)39-87(81)108)63(3)143-78-50-129-90(130-51-78)15-9-6-12-69-21-18-66(42-111)36-84(69)105/h4-39,55-63,76-78,88-90H,43-54H2,1-3H3/b10-4+,11-5+,12-6+,13-7+,14-8+,15-9+/t61-,62-,63-,76?,77?,78?,88?,89?,90?,97-,98-,99-,137?/m1/s1. The van der Waals surface area contributed by atoms with E-state index in [1.165, 1.54) is 176 Å². The van der Waals surface area contributed by atoms with Crippen LogP contribution in [0.1, 0.15) is 117 Å². The van der Waals surface area contributed by atoms with E-state index >= 15 is 45.3 Å². The smallest absolute Gasteiger partial charge is 0.447 e. The van der Waals surface area contributed by atoms with Crippen molar-refractivity contribution in [3.63, 3.8) is 0 Å². The Labute approximate surface area is 837 Å². The van der Waals surface area contributed by atoms with E-state index in [0.29, 0.717) is 18.2 Å². The van der Waals surface area contributed by atoms with Gasteiger partial charge in [-0.3, -0.25) is 13.6 Å². The van der Waals surface area contributed by atoms with Crippen molar-refractivity contribution in [1.29, 1.82) is 15.8 Å². The van der Waals surface area contributed by atoms with Crippen molar-refractivity contribution in [3.05, 3.63) is 370 Å². The van der Waals surface area contributed by atoms with Gasteiger partial charge >= 0.3 is 25.7 Å². The molecule has 143 heavy (non-hydrogen) atoms. The fourth-order valence-electron chi connectivity index (χ4n) is 15.5. The summed E-state index contributed by atoms with van der Waals surface area (Å²) < 4.78 is 236. The monoisotopic (exact) mass is 2090 g/mol. The Hall–Kier alpha value is -12.6. The van der Waals surface area contributed by atoms with Crippen LogP contribution >= 0.6 is 77.1 Å². The number of aromatic nitrogens is 9. The summed E-state index contributed by atoms with van der Waals surface area (Å²) >= 11 is 5.97. The number of carbonyl (C=O) groups is 3. The maximum atomic E-state index is 17.0. The number of halogens is 9. The number of hydrogen-bond donors (Lipinski definition) is 0. The van der Waals surface area contributed by atoms with E-state index in [1.54, 1.807) is 75.5 Å². The molecule has 3 aliphatic heterocycles. The minimum Gasteiger partial charge on any atom is -0.447 e. The predicted molar refractivity (Wildman–Crippen MR) is 513 cm³/mol. The Kier molecular flexibility index (Phi) is 35.7. The molecule has 0 aliphatic carbocycles. The molecule has 3 fully saturated rings. The zero-order chi connectivity index (χ0) is 101. The van der Waals surface area contributed by atoms with E-state index < -0.39 is 185 Å². The highest BCUT2D eigenvalue weighted by Crippen LogP contribution is 2.54. The second-order valence-electron chi connectivity index (χ2n) is 32.2. The maximum absolute atomic E-state index is 17.0. The van der Waals surface area contributed by atoms with E-state index in [2.05, 4.69) is 30.2 Å². The molecule has 3 saturated heterocycles. The number of benzene rings is 6. The summed E-state index contributed by atoms with van der Waals surface area (Å²) in [5, 5.41) is 40.2. The minimum absolute atomic E-state index is 0.0208. The molecule has 6 aromatic carbocycles. The number of rotatable bonds is 42. The van der Waals surface area contributed by atoms with Crippen LogP contribution in [0.5, 0.6) is 0 Å². The molecule has 0 radical (unpaired) electrons. The van der Waals surface area contributed by atoms with Gasteiger partial charge in [0.15, 0.2) is 35.7 Å². The van der Waals surface area contributed by atoms with Crippen LogP contribution in [0.25, 0.3) is 18.2 Å². The van der Waals surface area contributed by atoms with Gasteiger partial charge in [0.2, 0.25) is 0 Å². The van der Waals surface area contributed by atoms with Crippen molar-refractivity contribution in [2.45, 2.75) is 127 Å². The first-order chi connectivity index (χ1) is 69.1. The van der Waals surface area contributed by atoms with Gasteiger partial charge in [0.05, 0.1) is 130 Å². The summed E-state index contributed by atoms with van der Waals surface area (Å²) in [4.78, 5) is 58.3. The zero-order valence-electron chi connectivity index (χ0n) is 75.6. The van der Waals surface area contributed by atoms with Crippen molar-refractivity contribution in [3.8, 4) is 18.2 Å². The number of thiophene rings is 3. The minimum atomic E-state index is -5.33. The van der Waals surface area contributed by atoms with Gasteiger partial charge in [-0.05, 0) is 146 Å². The highest BCUT2D eigenvalue weighted by atomic mass is 32.2. The van der Waals surface area contributed by atoms with Crippen molar-refractivity contribution >= 4 is 113 Å². The molecule has 9 heterocycles. The summed E-state index contributed by atoms with van der Waals surface area (Å²) in [6.07, 6.45) is 23.4. The van der Waals surface area contributed by atoms with E-state index in [1.807, 2.05) is 18.2 Å². The molecule has 740 valence electrons. The highest BCUT2D eigenvalue weighted by Gasteiger charge is 2.52. The third kappa shape index (κ3) is 26.5. The van der Waals surface area contributed by atoms with Crippen LogP contribution in [0.15, 0.2) is 236 Å². The zero-order valence-corrected chi connectivity index (χ0v) is 81.4. The largest absolute Gasteiger partial charge is 0.475 e. The fraction of sp³-hybridized carbons (Fsp3) is 0.273. The first-order valence-corrected chi connectivity index (χ1v) is 50.6. The molecule has 0 saturated carbocycles. The van der Waals surface area contributed by atoms with Gasteiger partial charge in [0.25, 0.3) is 0 Å². The number of thioether (sulfide) groups is 3. The number of ether oxygens (including phenoxy) is 9. The summed E-state index contributed by atoms with van der Waals surface area (Å²) in [6.45, 7) is 1.17. The normalized spacial score (nSPS) is 19.3. The van der Waals surface area contributed by atoms with Crippen molar-refractivity contribution in [2.75, 3.05) is 39.6 Å². The molecular weight excluding hydrogens is 2010 g/mol. The Balaban J connectivity index is 0.713. The van der Waals surface area contributed by atoms with Gasteiger partial charge in [-0.25, -0.2) is 87.5 Å². The average molecular weight is 2090 g/mol. The molecule has 0 unspecified atom stereocenters. The fourth-order valence-corrected chi connectivity index (χ4v) is 23.0. The molecule has 12 aromatic rings. The second kappa shape index (κ2) is 48.7. The number of esters is 3. The van der Waals surface area contributed by atoms with Gasteiger partial charge in [0.1, 0.15) is 105 Å². The molecule has 0 amide bonds. The Morgan fingerprint density at radius 2 is 0.692 bits per heavy atom. The van der Waals surface area contributed by atoms with Gasteiger partial charge in [-0.1, -0.05) is 72.9 Å². The van der Waals surface area contributed by atoms with Gasteiger partial charge < -0.3 is 42.6 Å². The molecule has 0 spiro atoms. The number of allylic oxidation sites excluding steroid dienone is 6. The molecule has 0 bridgehead atoms. The third-order valence-electron chi connectivity index (χ3n) is 22.7. The van der Waals surface area contributed by atoms with Crippen LogP contribution in [0, 0.1) is 86.3 Å². The molecule has 28 nitrogen and oxygen atoms in total. The maximum Gasteiger partial charge on any atom is 0.475 e. The van der Waals surface area contributed by atoms with E-state index in [9.17, 15) is 29.0 Å². The van der Waals surface area contributed by atoms with Crippen LogP contribution in [-0.2, 0) is 117 Å². The summed E-state index contributed by atoms with van der Waals surface area (Å²) in [5.74, 6) is -11.5. The van der Waals surface area contributed by atoms with Crippen LogP contribution in [-0.4, -0.2) is 152 Å². The number of phosphoric acid groups is 1. The number of nitrogens with zero attached hydrogens (tertiary/aromatic N) is 12. The van der Waals surface area contributed by atoms with E-state index in [0.717, 1.165) is 88.6 Å². The molecule has 15 rings (SSSR count). The third-order valence-corrected chi connectivity index (χ3v) is 31.2. The number of phosphoric ester groups is 1. The molecular formula is C99H84F9N12O16PS6. The van der Waals surface area contributed by atoms with Gasteiger partial charge in [-0.15, -0.1) is 69.3 Å². The Morgan fingerprint density at radius 1 is 0.413 bits per heavy atom. The Morgan fingerprint density at radius 3 is 0.937 bits per heavy atom. The molecule has 6 atom stereocenters. The first-order valence-electron chi connectivity index (χ1n) is 43.7. The topological polar surface area (TPSA) is 343 Å². The summed E-state index contributed by atoms with van der Waals surface area (Å²) in [7, 11) is -5.33. The number of hydrogen-bond acceptors (Lipinski definition) is 31. The first kappa shape index (κ1) is 105. The summed E-state index contributed by atoms with van der Waals surface area (Å²) in [6, 6.07) is 30.2. The molecule has 0 N–H and O–H groups in total. The van der Waals surface area contributed by atoms with E-state index in [4.69, 9.17) is 56.2 Å². The molecule has 44 heteroatoms. The summed E-state index contributed by atoms with van der Waals surface area (Å²) in [5.41, 5.74) is -6.32. The van der Waals surface area contributed by atoms with Gasteiger partial charge in [0, 0.05) is 84.0 Å². The van der Waals surface area contributed by atoms with Crippen LogP contribution < -0.4 is 0 Å². The van der Waals surface area contributed by atoms with Crippen molar-refractivity contribution in [2.24, 2.45) is 0 Å². The second-order valence-corrected chi connectivity index (χ2v) is 41.5. The Bertz CT molecular complexity index is 6220. The average Bonchev–Trinajstić information content (AvgIpc) is 1.75. The van der Waals surface area contributed by atoms with Crippen LogP contribution in [0.4, 0.5) is 39.5 Å². The van der Waals surface area contributed by atoms with E-state index in [-0.39, 0.29) is 121 Å². The highest BCUT2D eigenvalue weighted by molar-refractivity contribution is 8.01. The SMILES string of the molecule is C[C@@H](SC1COC(/C=C/C=C/c2ccc(C#N)cc2F)OC1)[C@@](Cn1cncn1)(OC(=O)c1sccc1COP(=O)(OCc1ccsc1C(=O)O[C@@](Cn1cncn1)(c1ccc(F)cc1F)[C@@H](C)SC1COC(/C=C/C=C/c2ccc(C#N)cc2F)OC1)OCc1ccsc1C(=O)O[C@@](Cn1cncn1)(c1ccc(F)cc1F)[C@@H](C)SC1COC(/C=C/C=C/c2ccc(C#N)cc2F)OC1)c1ccc(F)cc1F. The lowest BCUT2D eigenvalue weighted by Gasteiger charge is -2.40. The lowest BCUT2D eigenvalue weighted by atomic mass is 9.89. The van der Waals surface area contributed by atoms with Crippen molar-refractivity contribution < 1.29 is 115 Å². The van der Waals surface area contributed by atoms with Crippen LogP contribution in [0.3, 0.4) is 0 Å². The number of nitriles is 3. The predicted octanol–water partition coefficient (Wildman–Crippen LogP) is 20.2. The lowest BCUT2D eigenvalue weighted by molar-refractivity contribution is -0.146. The number of carbonyl (C=O) groups excluding carboxylic acids is 3. The van der Waals surface area contributed by atoms with Gasteiger partial charge in [-0.2, -0.15) is 31.1 Å². The van der Waals surface area contributed by atoms with Crippen LogP contribution in [0.2, 0.25) is 0 Å². The molecule has 6 aromatic heterocycles. The quantitative estimate of drug-likeness (QED) is 0.0113. The lowest BCUT2D eigenvalue weighted by Crippen LogP contribution is -2.47. The molecule has 3 aliphatic rings. The van der Waals surface area contributed by atoms with Crippen molar-refractivity contribution in [1.82, 2.24) is 44.3 Å².